The molecule has 0 aliphatic rings. The van der Waals surface area contributed by atoms with E-state index in [0.717, 1.165) is 30.7 Å². The number of hydrogen-bond donors (Lipinski definition) is 1. The van der Waals surface area contributed by atoms with Crippen molar-refractivity contribution in [3.8, 4) is 0 Å². The van der Waals surface area contributed by atoms with Gasteiger partial charge in [-0.15, -0.1) is 0 Å². The monoisotopic (exact) mass is 327 g/mol. The van der Waals surface area contributed by atoms with Crippen LogP contribution in [0.25, 0.3) is 11.0 Å². The van der Waals surface area contributed by atoms with E-state index < -0.39 is 0 Å². The first-order chi connectivity index (χ1) is 11.8. The van der Waals surface area contributed by atoms with Gasteiger partial charge in [-0.25, -0.2) is 4.98 Å². The zero-order valence-electron chi connectivity index (χ0n) is 14.8. The summed E-state index contributed by atoms with van der Waals surface area (Å²) in [6, 6.07) is 8.34. The van der Waals surface area contributed by atoms with Crippen molar-refractivity contribution in [3.63, 3.8) is 0 Å². The Morgan fingerprint density at radius 2 is 2.00 bits per heavy atom. The molecule has 0 atom stereocenters. The summed E-state index contributed by atoms with van der Waals surface area (Å²) in [7, 11) is 0. The van der Waals surface area contributed by atoms with Gasteiger partial charge in [0.25, 0.3) is 0 Å². The summed E-state index contributed by atoms with van der Waals surface area (Å²) in [6.45, 7) is 7.39. The average molecular weight is 327 g/mol. The summed E-state index contributed by atoms with van der Waals surface area (Å²) < 4.78 is 2.36. The molecule has 0 bridgehead atoms. The fraction of sp³-hybridized carbons (Fsp3) is 0.500. The van der Waals surface area contributed by atoms with Gasteiger partial charge >= 0.3 is 0 Å². The number of aryl methyl sites for hydroxylation is 2. The lowest BCUT2D eigenvalue weighted by Crippen LogP contribution is -2.22. The number of carbonyl (C=O) groups excluding carboxylic acids is 1. The number of hydrogen-bond acceptors (Lipinski definition) is 2. The second-order valence-electron chi connectivity index (χ2n) is 6.18. The third kappa shape index (κ3) is 5.22. The molecule has 4 heteroatoms. The van der Waals surface area contributed by atoms with E-state index in [1.807, 2.05) is 6.07 Å². The number of para-hydroxylation sites is 2. The second kappa shape index (κ2) is 9.91. The highest BCUT2D eigenvalue weighted by Gasteiger charge is 2.10. The van der Waals surface area contributed by atoms with Crippen molar-refractivity contribution in [2.24, 2.45) is 0 Å². The number of amides is 1. The van der Waals surface area contributed by atoms with Gasteiger partial charge < -0.3 is 9.88 Å². The predicted molar refractivity (Wildman–Crippen MR) is 100 cm³/mol. The van der Waals surface area contributed by atoms with E-state index in [1.54, 1.807) is 0 Å². The van der Waals surface area contributed by atoms with Crippen LogP contribution in [0.4, 0.5) is 0 Å². The number of rotatable bonds is 11. The fourth-order valence-corrected chi connectivity index (χ4v) is 2.97. The molecular weight excluding hydrogens is 298 g/mol. The molecule has 130 valence electrons. The summed E-state index contributed by atoms with van der Waals surface area (Å²) in [5.74, 6) is 1.01. The Bertz CT molecular complexity index is 660. The van der Waals surface area contributed by atoms with Gasteiger partial charge in [0.15, 0.2) is 0 Å². The first kappa shape index (κ1) is 18.2. The van der Waals surface area contributed by atoms with E-state index in [0.29, 0.717) is 6.54 Å². The largest absolute Gasteiger partial charge is 0.353 e. The zero-order valence-corrected chi connectivity index (χ0v) is 14.8. The average Bonchev–Trinajstić information content (AvgIpc) is 2.96. The van der Waals surface area contributed by atoms with Gasteiger partial charge in [-0.1, -0.05) is 51.3 Å². The number of unbranched alkanes of at least 4 members (excludes halogenated alkanes) is 4. The van der Waals surface area contributed by atoms with Crippen LogP contribution in [0.1, 0.15) is 51.3 Å². The number of imidazole rings is 1. The summed E-state index contributed by atoms with van der Waals surface area (Å²) in [5.41, 5.74) is 2.29. The highest BCUT2D eigenvalue weighted by Crippen LogP contribution is 2.18. The molecule has 1 heterocycles. The van der Waals surface area contributed by atoms with Crippen LogP contribution < -0.4 is 5.32 Å². The van der Waals surface area contributed by atoms with Crippen LogP contribution in [0.3, 0.4) is 0 Å². The smallest absolute Gasteiger partial charge is 0.243 e. The standard InChI is InChI=1S/C20H29N3O/c1-3-5-6-7-10-16-23-18-13-9-8-12-17(18)22-19(23)14-11-15-21-20(24)4-2/h4,8-9,12-13H,2-3,5-7,10-11,14-16H2,1H3,(H,21,24). The zero-order chi connectivity index (χ0) is 17.2. The van der Waals surface area contributed by atoms with Gasteiger partial charge in [0.05, 0.1) is 11.0 Å². The Hall–Kier alpha value is -2.10. The fourth-order valence-electron chi connectivity index (χ4n) is 2.97. The molecule has 0 radical (unpaired) electrons. The molecule has 1 N–H and O–H groups in total. The van der Waals surface area contributed by atoms with Crippen molar-refractivity contribution in [1.82, 2.24) is 14.9 Å². The second-order valence-corrected chi connectivity index (χ2v) is 6.18. The van der Waals surface area contributed by atoms with Crippen LogP contribution in [0.5, 0.6) is 0 Å². The highest BCUT2D eigenvalue weighted by atomic mass is 16.1. The molecule has 2 rings (SSSR count). The molecular formula is C20H29N3O. The first-order valence-electron chi connectivity index (χ1n) is 9.10. The lowest BCUT2D eigenvalue weighted by atomic mass is 10.1. The Balaban J connectivity index is 1.97. The van der Waals surface area contributed by atoms with Crippen LogP contribution in [0, 0.1) is 0 Å². The molecule has 0 aliphatic carbocycles. The van der Waals surface area contributed by atoms with Crippen molar-refractivity contribution in [2.75, 3.05) is 6.54 Å². The molecule has 0 spiro atoms. The third-order valence-electron chi connectivity index (χ3n) is 4.28. The SMILES string of the molecule is C=CC(=O)NCCCc1nc2ccccc2n1CCCCCCC. The molecule has 1 aromatic heterocycles. The topological polar surface area (TPSA) is 46.9 Å². The van der Waals surface area contributed by atoms with Gasteiger partial charge in [-0.3, -0.25) is 4.79 Å². The van der Waals surface area contributed by atoms with Crippen LogP contribution in [-0.2, 0) is 17.8 Å². The van der Waals surface area contributed by atoms with E-state index >= 15 is 0 Å². The molecule has 1 aromatic carbocycles. The van der Waals surface area contributed by atoms with Crippen LogP contribution >= 0.6 is 0 Å². The van der Waals surface area contributed by atoms with Crippen molar-refractivity contribution in [1.29, 1.82) is 0 Å². The summed E-state index contributed by atoms with van der Waals surface area (Å²) in [5, 5.41) is 2.83. The van der Waals surface area contributed by atoms with Crippen LogP contribution in [0.2, 0.25) is 0 Å². The molecule has 4 nitrogen and oxygen atoms in total. The third-order valence-corrected chi connectivity index (χ3v) is 4.28. The van der Waals surface area contributed by atoms with Crippen molar-refractivity contribution < 1.29 is 4.79 Å². The number of aromatic nitrogens is 2. The maximum Gasteiger partial charge on any atom is 0.243 e. The maximum atomic E-state index is 11.2. The number of nitrogens with zero attached hydrogens (tertiary/aromatic N) is 2. The Kier molecular flexibility index (Phi) is 7.53. The Morgan fingerprint density at radius 1 is 1.21 bits per heavy atom. The first-order valence-corrected chi connectivity index (χ1v) is 9.10. The van der Waals surface area contributed by atoms with Crippen molar-refractivity contribution in [2.45, 2.75) is 58.4 Å². The van der Waals surface area contributed by atoms with E-state index in [4.69, 9.17) is 4.98 Å². The minimum atomic E-state index is -0.112. The van der Waals surface area contributed by atoms with Crippen LogP contribution in [0.15, 0.2) is 36.9 Å². The van der Waals surface area contributed by atoms with E-state index in [2.05, 4.69) is 41.6 Å². The van der Waals surface area contributed by atoms with Gasteiger partial charge in [0.2, 0.25) is 5.91 Å². The molecule has 0 fully saturated rings. The molecule has 0 aliphatic heterocycles. The molecule has 1 amide bonds. The number of fused-ring (bicyclic) bond motifs is 1. The van der Waals surface area contributed by atoms with E-state index in [9.17, 15) is 4.79 Å². The molecule has 0 unspecified atom stereocenters. The molecule has 24 heavy (non-hydrogen) atoms. The van der Waals surface area contributed by atoms with E-state index in [1.165, 1.54) is 43.7 Å². The van der Waals surface area contributed by atoms with E-state index in [-0.39, 0.29) is 5.91 Å². The number of nitrogens with one attached hydrogen (secondary N) is 1. The summed E-state index contributed by atoms with van der Waals surface area (Å²) in [6.07, 6.45) is 9.45. The minimum absolute atomic E-state index is 0.112. The number of carbonyl (C=O) groups is 1. The molecule has 2 aromatic rings. The summed E-state index contributed by atoms with van der Waals surface area (Å²) in [4.78, 5) is 16.0. The quantitative estimate of drug-likeness (QED) is 0.495. The lowest BCUT2D eigenvalue weighted by Gasteiger charge is -2.09. The predicted octanol–water partition coefficient (Wildman–Crippen LogP) is 4.24. The lowest BCUT2D eigenvalue weighted by molar-refractivity contribution is -0.116. The van der Waals surface area contributed by atoms with Gasteiger partial charge in [-0.05, 0) is 31.1 Å². The minimum Gasteiger partial charge on any atom is -0.353 e. The van der Waals surface area contributed by atoms with Crippen molar-refractivity contribution in [3.05, 3.63) is 42.7 Å². The summed E-state index contributed by atoms with van der Waals surface area (Å²) >= 11 is 0. The van der Waals surface area contributed by atoms with Crippen molar-refractivity contribution >= 4 is 16.9 Å². The number of benzene rings is 1. The van der Waals surface area contributed by atoms with Gasteiger partial charge in [0, 0.05) is 19.5 Å². The normalized spacial score (nSPS) is 10.9. The maximum absolute atomic E-state index is 11.2. The Labute approximate surface area is 145 Å². The van der Waals surface area contributed by atoms with Gasteiger partial charge in [-0.2, -0.15) is 0 Å². The highest BCUT2D eigenvalue weighted by molar-refractivity contribution is 5.86. The van der Waals surface area contributed by atoms with Gasteiger partial charge in [0.1, 0.15) is 5.82 Å². The molecule has 0 saturated carbocycles. The molecule has 0 saturated heterocycles. The van der Waals surface area contributed by atoms with Crippen LogP contribution in [-0.4, -0.2) is 22.0 Å². The Morgan fingerprint density at radius 3 is 2.79 bits per heavy atom.